The van der Waals surface area contributed by atoms with Crippen LogP contribution >= 0.6 is 0 Å². The lowest BCUT2D eigenvalue weighted by molar-refractivity contribution is 0.0757. The summed E-state index contributed by atoms with van der Waals surface area (Å²) in [6, 6.07) is 2.61. The molecule has 0 aliphatic carbocycles. The summed E-state index contributed by atoms with van der Waals surface area (Å²) >= 11 is 0. The number of hydrogen-bond donors (Lipinski definition) is 1. The van der Waals surface area contributed by atoms with E-state index in [1.165, 1.54) is 16.4 Å². The van der Waals surface area contributed by atoms with Gasteiger partial charge in [0.1, 0.15) is 5.69 Å². The topological polar surface area (TPSA) is 103 Å². The largest absolute Gasteiger partial charge is 0.336 e. The second-order valence-electron chi connectivity index (χ2n) is 4.75. The molecule has 0 atom stereocenters. The summed E-state index contributed by atoms with van der Waals surface area (Å²) in [5, 5.41) is 5.93. The predicted octanol–water partition coefficient (Wildman–Crippen LogP) is -0.732. The summed E-state index contributed by atoms with van der Waals surface area (Å²) in [6.45, 7) is 3.09. The van der Waals surface area contributed by atoms with Crippen molar-refractivity contribution in [2.75, 3.05) is 31.9 Å². The molecule has 0 bridgehead atoms. The van der Waals surface area contributed by atoms with Gasteiger partial charge in [0.05, 0.1) is 5.75 Å². The Bertz CT molecular complexity index is 650. The number of H-pyrrole nitrogens is 1. The van der Waals surface area contributed by atoms with Gasteiger partial charge in [0.2, 0.25) is 10.0 Å². The molecular formula is C12H18N4O4S. The van der Waals surface area contributed by atoms with Crippen molar-refractivity contribution in [1.82, 2.24) is 19.4 Å². The van der Waals surface area contributed by atoms with Crippen LogP contribution in [-0.4, -0.2) is 65.7 Å². The van der Waals surface area contributed by atoms with E-state index >= 15 is 0 Å². The van der Waals surface area contributed by atoms with Gasteiger partial charge in [-0.1, -0.05) is 0 Å². The highest BCUT2D eigenvalue weighted by atomic mass is 32.2. The van der Waals surface area contributed by atoms with Gasteiger partial charge in [0.25, 0.3) is 11.5 Å². The number of hydrogen-bond acceptors (Lipinski definition) is 5. The van der Waals surface area contributed by atoms with Crippen LogP contribution in [0.15, 0.2) is 16.9 Å². The number of nitrogens with one attached hydrogen (secondary N) is 1. The van der Waals surface area contributed by atoms with Gasteiger partial charge < -0.3 is 4.90 Å². The van der Waals surface area contributed by atoms with Crippen molar-refractivity contribution < 1.29 is 13.2 Å². The third-order valence-corrected chi connectivity index (χ3v) is 5.28. The lowest BCUT2D eigenvalue weighted by Crippen LogP contribution is -2.38. The summed E-state index contributed by atoms with van der Waals surface area (Å²) in [5.74, 6) is -0.246. The maximum absolute atomic E-state index is 12.3. The van der Waals surface area contributed by atoms with Crippen LogP contribution in [0, 0.1) is 0 Å². The highest BCUT2D eigenvalue weighted by Crippen LogP contribution is 2.10. The Balaban J connectivity index is 2.08. The van der Waals surface area contributed by atoms with E-state index in [0.29, 0.717) is 26.1 Å². The molecule has 1 aliphatic heterocycles. The van der Waals surface area contributed by atoms with Gasteiger partial charge >= 0.3 is 0 Å². The molecule has 9 heteroatoms. The maximum Gasteiger partial charge on any atom is 0.274 e. The highest BCUT2D eigenvalue weighted by Gasteiger charge is 2.26. The van der Waals surface area contributed by atoms with E-state index < -0.39 is 10.0 Å². The highest BCUT2D eigenvalue weighted by molar-refractivity contribution is 7.89. The first kappa shape index (κ1) is 15.6. The van der Waals surface area contributed by atoms with Gasteiger partial charge in [0, 0.05) is 32.2 Å². The zero-order chi connectivity index (χ0) is 15.5. The minimum absolute atomic E-state index is 0.0580. The number of carbonyl (C=O) groups excluding carboxylic acids is 1. The summed E-state index contributed by atoms with van der Waals surface area (Å²) in [7, 11) is -3.23. The normalized spacial score (nSPS) is 17.5. The van der Waals surface area contributed by atoms with E-state index in [1.807, 2.05) is 0 Å². The van der Waals surface area contributed by atoms with E-state index in [2.05, 4.69) is 10.2 Å². The molecule has 21 heavy (non-hydrogen) atoms. The van der Waals surface area contributed by atoms with Crippen LogP contribution < -0.4 is 5.56 Å². The van der Waals surface area contributed by atoms with Crippen LogP contribution in [0.3, 0.4) is 0 Å². The van der Waals surface area contributed by atoms with Gasteiger partial charge in [-0.05, 0) is 19.4 Å². The van der Waals surface area contributed by atoms with E-state index in [-0.39, 0.29) is 29.5 Å². The number of aromatic nitrogens is 2. The second kappa shape index (κ2) is 6.35. The molecule has 1 fully saturated rings. The molecule has 0 saturated carbocycles. The third kappa shape index (κ3) is 3.67. The summed E-state index contributed by atoms with van der Waals surface area (Å²) < 4.78 is 25.1. The maximum atomic E-state index is 12.3. The third-order valence-electron chi connectivity index (χ3n) is 3.40. The SMILES string of the molecule is CCS(=O)(=O)N1CCCN(C(=O)c2ccc(=O)[nH]n2)CC1. The molecule has 1 aliphatic rings. The number of rotatable bonds is 3. The summed E-state index contributed by atoms with van der Waals surface area (Å²) in [5.41, 5.74) is -0.218. The lowest BCUT2D eigenvalue weighted by atomic mass is 10.3. The molecule has 116 valence electrons. The van der Waals surface area contributed by atoms with Crippen LogP contribution in [0.4, 0.5) is 0 Å². The molecule has 1 amide bonds. The number of carbonyl (C=O) groups is 1. The fourth-order valence-electron chi connectivity index (χ4n) is 2.18. The predicted molar refractivity (Wildman–Crippen MR) is 76.4 cm³/mol. The average molecular weight is 314 g/mol. The number of sulfonamides is 1. The summed E-state index contributed by atoms with van der Waals surface area (Å²) in [4.78, 5) is 24.8. The zero-order valence-corrected chi connectivity index (χ0v) is 12.6. The number of amides is 1. The van der Waals surface area contributed by atoms with Crippen LogP contribution in [0.2, 0.25) is 0 Å². The van der Waals surface area contributed by atoms with Gasteiger partial charge in [-0.3, -0.25) is 9.59 Å². The van der Waals surface area contributed by atoms with Crippen molar-refractivity contribution in [2.45, 2.75) is 13.3 Å². The molecule has 0 radical (unpaired) electrons. The van der Waals surface area contributed by atoms with Gasteiger partial charge in [-0.15, -0.1) is 0 Å². The Labute approximate surface area is 122 Å². The van der Waals surface area contributed by atoms with E-state index in [1.54, 1.807) is 11.8 Å². The Morgan fingerprint density at radius 2 is 2.05 bits per heavy atom. The first-order valence-corrected chi connectivity index (χ1v) is 8.38. The molecule has 0 aromatic carbocycles. The summed E-state index contributed by atoms with van der Waals surface area (Å²) in [6.07, 6.45) is 0.578. The van der Waals surface area contributed by atoms with Crippen LogP contribution in [-0.2, 0) is 10.0 Å². The minimum atomic E-state index is -3.23. The van der Waals surface area contributed by atoms with Crippen molar-refractivity contribution >= 4 is 15.9 Å². The number of nitrogens with zero attached hydrogens (tertiary/aromatic N) is 3. The van der Waals surface area contributed by atoms with Gasteiger partial charge in [-0.2, -0.15) is 5.10 Å². The molecule has 1 saturated heterocycles. The van der Waals surface area contributed by atoms with Gasteiger partial charge in [-0.25, -0.2) is 17.8 Å². The Morgan fingerprint density at radius 3 is 2.67 bits per heavy atom. The van der Waals surface area contributed by atoms with Crippen LogP contribution in [0.5, 0.6) is 0 Å². The molecular weight excluding hydrogens is 296 g/mol. The lowest BCUT2D eigenvalue weighted by Gasteiger charge is -2.21. The van der Waals surface area contributed by atoms with Crippen molar-refractivity contribution in [3.63, 3.8) is 0 Å². The zero-order valence-electron chi connectivity index (χ0n) is 11.8. The fraction of sp³-hybridized carbons (Fsp3) is 0.583. The van der Waals surface area contributed by atoms with Crippen LogP contribution in [0.25, 0.3) is 0 Å². The molecule has 2 heterocycles. The number of aromatic amines is 1. The molecule has 0 spiro atoms. The average Bonchev–Trinajstić information content (AvgIpc) is 2.73. The Hall–Kier alpha value is -1.74. The van der Waals surface area contributed by atoms with Crippen molar-refractivity contribution in [3.05, 3.63) is 28.2 Å². The minimum Gasteiger partial charge on any atom is -0.336 e. The molecule has 1 aromatic rings. The first-order valence-electron chi connectivity index (χ1n) is 6.77. The monoisotopic (exact) mass is 314 g/mol. The van der Waals surface area contributed by atoms with Crippen molar-refractivity contribution in [2.24, 2.45) is 0 Å². The quantitative estimate of drug-likeness (QED) is 0.792. The molecule has 0 unspecified atom stereocenters. The Kier molecular flexibility index (Phi) is 4.73. The fourth-order valence-corrected chi connectivity index (χ4v) is 3.32. The van der Waals surface area contributed by atoms with Crippen LogP contribution in [0.1, 0.15) is 23.8 Å². The van der Waals surface area contributed by atoms with Crippen molar-refractivity contribution in [3.8, 4) is 0 Å². The molecule has 1 N–H and O–H groups in total. The molecule has 1 aromatic heterocycles. The molecule has 2 rings (SSSR count). The van der Waals surface area contributed by atoms with E-state index in [4.69, 9.17) is 0 Å². The van der Waals surface area contributed by atoms with E-state index in [0.717, 1.165) is 0 Å². The smallest absolute Gasteiger partial charge is 0.274 e. The van der Waals surface area contributed by atoms with Crippen molar-refractivity contribution in [1.29, 1.82) is 0 Å². The Morgan fingerprint density at radius 1 is 1.29 bits per heavy atom. The van der Waals surface area contributed by atoms with Gasteiger partial charge in [0.15, 0.2) is 0 Å². The molecule has 8 nitrogen and oxygen atoms in total. The first-order chi connectivity index (χ1) is 9.94. The van der Waals surface area contributed by atoms with E-state index in [9.17, 15) is 18.0 Å². The second-order valence-corrected chi connectivity index (χ2v) is 7.01. The standard InChI is InChI=1S/C12H18N4O4S/c1-2-21(19,20)16-7-3-6-15(8-9-16)12(18)10-4-5-11(17)14-13-10/h4-5H,2-3,6-9H2,1H3,(H,14,17).